The van der Waals surface area contributed by atoms with Crippen molar-refractivity contribution >= 4 is 20.2 Å². The summed E-state index contributed by atoms with van der Waals surface area (Å²) in [6.07, 6.45) is 4.57. The first-order chi connectivity index (χ1) is 12.0. The Hall–Kier alpha value is -0.393. The van der Waals surface area contributed by atoms with Crippen LogP contribution in [0.3, 0.4) is 0 Å². The van der Waals surface area contributed by atoms with E-state index < -0.39 is 8.56 Å². The van der Waals surface area contributed by atoms with Gasteiger partial charge in [0.15, 0.2) is 0 Å². The second kappa shape index (κ2) is 11.3. The van der Waals surface area contributed by atoms with E-state index in [-0.39, 0.29) is 5.22 Å². The molecule has 0 saturated carbocycles. The Kier molecular flexibility index (Phi) is 10.3. The van der Waals surface area contributed by atoms with E-state index in [1.807, 2.05) is 31.2 Å². The van der Waals surface area contributed by atoms with E-state index in [2.05, 4.69) is 27.7 Å². The molecule has 1 aromatic rings. The van der Waals surface area contributed by atoms with Crippen molar-refractivity contribution in [2.24, 2.45) is 0 Å². The fourth-order valence-electron chi connectivity index (χ4n) is 3.64. The number of aryl methyl sites for hydroxylation is 1. The van der Waals surface area contributed by atoms with E-state index in [0.717, 1.165) is 43.7 Å². The third-order valence-corrected chi connectivity index (χ3v) is 9.70. The second-order valence-corrected chi connectivity index (χ2v) is 10.3. The van der Waals surface area contributed by atoms with E-state index in [0.29, 0.717) is 0 Å². The monoisotopic (exact) mass is 386 g/mol. The van der Waals surface area contributed by atoms with Gasteiger partial charge < -0.3 is 13.6 Å². The summed E-state index contributed by atoms with van der Waals surface area (Å²) in [5.41, 5.74) is 1.24. The summed E-state index contributed by atoms with van der Waals surface area (Å²) in [6.45, 7) is 12.7. The Morgan fingerprint density at radius 2 is 1.56 bits per heavy atom. The zero-order valence-corrected chi connectivity index (χ0v) is 18.3. The van der Waals surface area contributed by atoms with Gasteiger partial charge in [0.25, 0.3) is 0 Å². The van der Waals surface area contributed by atoms with Crippen LogP contribution in [0.15, 0.2) is 24.3 Å². The lowest BCUT2D eigenvalue weighted by molar-refractivity contribution is -0.0426. The molecule has 0 spiro atoms. The largest absolute Gasteiger partial charge is 0.393 e. The van der Waals surface area contributed by atoms with Gasteiger partial charge in [-0.1, -0.05) is 49.1 Å². The molecule has 0 bridgehead atoms. The van der Waals surface area contributed by atoms with Crippen LogP contribution in [0.2, 0.25) is 11.1 Å². The summed E-state index contributed by atoms with van der Waals surface area (Å²) in [4.78, 5) is 0. The molecule has 5 heteroatoms. The molecule has 2 rings (SSSR count). The van der Waals surface area contributed by atoms with Crippen LogP contribution >= 0.6 is 11.6 Å². The van der Waals surface area contributed by atoms with Gasteiger partial charge in [-0.2, -0.15) is 0 Å². The molecule has 1 fully saturated rings. The highest BCUT2D eigenvalue weighted by molar-refractivity contribution is 6.70. The van der Waals surface area contributed by atoms with Gasteiger partial charge in [0.1, 0.15) is 5.22 Å². The van der Waals surface area contributed by atoms with Crippen molar-refractivity contribution in [3.8, 4) is 0 Å². The van der Waals surface area contributed by atoms with E-state index in [1.54, 1.807) is 0 Å². The number of rotatable bonds is 7. The van der Waals surface area contributed by atoms with E-state index in [4.69, 9.17) is 25.2 Å². The molecule has 1 saturated heterocycles. The maximum absolute atomic E-state index is 6.16. The summed E-state index contributed by atoms with van der Waals surface area (Å²) in [5, 5.41) is 0.682. The molecule has 1 unspecified atom stereocenters. The molecule has 25 heavy (non-hydrogen) atoms. The fraction of sp³-hybridized carbons (Fsp3) is 0.700. The summed E-state index contributed by atoms with van der Waals surface area (Å²) in [6, 6.07) is 8.83. The first kappa shape index (κ1) is 22.6. The van der Waals surface area contributed by atoms with Gasteiger partial charge in [-0.05, 0) is 58.7 Å². The average Bonchev–Trinajstić information content (AvgIpc) is 2.61. The van der Waals surface area contributed by atoms with Gasteiger partial charge in [-0.15, -0.1) is 0 Å². The molecule has 3 nitrogen and oxygen atoms in total. The zero-order chi connectivity index (χ0) is 18.8. The first-order valence-corrected chi connectivity index (χ1v) is 12.0. The Bertz CT molecular complexity index is 444. The average molecular weight is 387 g/mol. The lowest BCUT2D eigenvalue weighted by Crippen LogP contribution is -2.65. The highest BCUT2D eigenvalue weighted by atomic mass is 35.5. The minimum atomic E-state index is -2.21. The number of ether oxygens (including phenoxy) is 1. The number of halogens is 1. The standard InChI is InChI=1S/C13H28O3Si.C7H7Cl/c1-5-13(14-6-2)11-9-10-12-17(13,15-7-3)16-8-4;1-6-2-4-7(8)5-3-6/h5-12H2,1-4H3;2-5H,1H3. The van der Waals surface area contributed by atoms with Crippen molar-refractivity contribution < 1.29 is 13.6 Å². The predicted molar refractivity (Wildman–Crippen MR) is 109 cm³/mol. The van der Waals surface area contributed by atoms with Crippen LogP contribution in [0, 0.1) is 6.92 Å². The summed E-state index contributed by atoms with van der Waals surface area (Å²) < 4.78 is 18.5. The number of hydrogen-bond acceptors (Lipinski definition) is 3. The molecule has 1 aliphatic rings. The van der Waals surface area contributed by atoms with Crippen molar-refractivity contribution in [3.63, 3.8) is 0 Å². The molecule has 144 valence electrons. The van der Waals surface area contributed by atoms with E-state index >= 15 is 0 Å². The third kappa shape index (κ3) is 6.07. The first-order valence-electron chi connectivity index (χ1n) is 9.63. The molecule has 0 amide bonds. The van der Waals surface area contributed by atoms with E-state index in [1.165, 1.54) is 18.4 Å². The molecule has 0 radical (unpaired) electrons. The molecule has 0 N–H and O–H groups in total. The minimum absolute atomic E-state index is 0.119. The molecular formula is C20H35ClO3Si. The summed E-state index contributed by atoms with van der Waals surface area (Å²) in [5.74, 6) is 0. The van der Waals surface area contributed by atoms with Crippen molar-refractivity contribution in [2.75, 3.05) is 19.8 Å². The molecular weight excluding hydrogens is 352 g/mol. The van der Waals surface area contributed by atoms with Gasteiger partial charge in [0.2, 0.25) is 0 Å². The van der Waals surface area contributed by atoms with Crippen LogP contribution in [0.1, 0.15) is 58.9 Å². The minimum Gasteiger partial charge on any atom is -0.393 e. The van der Waals surface area contributed by atoms with Crippen molar-refractivity contribution in [1.29, 1.82) is 0 Å². The molecule has 0 aliphatic carbocycles. The Morgan fingerprint density at radius 1 is 0.960 bits per heavy atom. The molecule has 0 aromatic heterocycles. The number of hydrogen-bond donors (Lipinski definition) is 0. The third-order valence-electron chi connectivity index (χ3n) is 4.79. The van der Waals surface area contributed by atoms with Crippen LogP contribution < -0.4 is 0 Å². The van der Waals surface area contributed by atoms with Gasteiger partial charge in [-0.25, -0.2) is 0 Å². The highest BCUT2D eigenvalue weighted by Gasteiger charge is 2.58. The Labute approximate surface area is 160 Å². The van der Waals surface area contributed by atoms with Gasteiger partial charge in [0, 0.05) is 24.8 Å². The molecule has 1 heterocycles. The van der Waals surface area contributed by atoms with Crippen LogP contribution in [-0.4, -0.2) is 33.6 Å². The van der Waals surface area contributed by atoms with Gasteiger partial charge >= 0.3 is 8.56 Å². The topological polar surface area (TPSA) is 27.7 Å². The van der Waals surface area contributed by atoms with Crippen LogP contribution in [0.25, 0.3) is 0 Å². The van der Waals surface area contributed by atoms with Crippen LogP contribution in [0.5, 0.6) is 0 Å². The lowest BCUT2D eigenvalue weighted by atomic mass is 10.1. The maximum Gasteiger partial charge on any atom is 0.371 e. The smallest absolute Gasteiger partial charge is 0.371 e. The highest BCUT2D eigenvalue weighted by Crippen LogP contribution is 2.42. The fourth-order valence-corrected chi connectivity index (χ4v) is 8.23. The molecule has 1 atom stereocenters. The SMILES string of the molecule is CCOC1(CC)CCCC[Si]1(OCC)OCC.Cc1ccc(Cl)cc1. The Morgan fingerprint density at radius 3 is 2.00 bits per heavy atom. The lowest BCUT2D eigenvalue weighted by Gasteiger charge is -2.49. The van der Waals surface area contributed by atoms with Gasteiger partial charge in [-0.3, -0.25) is 0 Å². The van der Waals surface area contributed by atoms with Crippen LogP contribution in [-0.2, 0) is 13.6 Å². The van der Waals surface area contributed by atoms with Crippen molar-refractivity contribution in [1.82, 2.24) is 0 Å². The second-order valence-electron chi connectivity index (χ2n) is 6.40. The Balaban J connectivity index is 0.000000324. The summed E-state index contributed by atoms with van der Waals surface area (Å²) in [7, 11) is -2.21. The molecule has 1 aliphatic heterocycles. The quantitative estimate of drug-likeness (QED) is 0.533. The molecule has 1 aromatic carbocycles. The zero-order valence-electron chi connectivity index (χ0n) is 16.6. The normalized spacial score (nSPS) is 22.2. The van der Waals surface area contributed by atoms with Crippen molar-refractivity contribution in [3.05, 3.63) is 34.9 Å². The predicted octanol–water partition coefficient (Wildman–Crippen LogP) is 6.06. The maximum atomic E-state index is 6.16. The van der Waals surface area contributed by atoms with E-state index in [9.17, 15) is 0 Å². The summed E-state index contributed by atoms with van der Waals surface area (Å²) >= 11 is 5.61. The van der Waals surface area contributed by atoms with Crippen molar-refractivity contribution in [2.45, 2.75) is 71.6 Å². The van der Waals surface area contributed by atoms with Gasteiger partial charge in [0.05, 0.1) is 0 Å². The number of benzene rings is 1. The van der Waals surface area contributed by atoms with Crippen LogP contribution in [0.4, 0.5) is 0 Å².